The smallest absolute Gasteiger partial charge is 0.122 e. The van der Waals surface area contributed by atoms with E-state index >= 15 is 0 Å². The fourth-order valence-electron chi connectivity index (χ4n) is 3.52. The van der Waals surface area contributed by atoms with Crippen LogP contribution in [0.1, 0.15) is 37.8 Å². The molecule has 0 saturated carbocycles. The molecule has 3 rings (SSSR count). The van der Waals surface area contributed by atoms with Crippen molar-refractivity contribution in [2.24, 2.45) is 5.73 Å². The first kappa shape index (κ1) is 14.7. The molecule has 0 bridgehead atoms. The molecule has 2 N–H and O–H groups in total. The Morgan fingerprint density at radius 1 is 1.14 bits per heavy atom. The van der Waals surface area contributed by atoms with Crippen molar-refractivity contribution < 1.29 is 0 Å². The number of hydrogen-bond acceptors (Lipinski definition) is 4. The van der Waals surface area contributed by atoms with Crippen molar-refractivity contribution >= 4 is 22.9 Å². The van der Waals surface area contributed by atoms with Crippen molar-refractivity contribution in [3.8, 4) is 0 Å². The molecule has 114 valence electrons. The summed E-state index contributed by atoms with van der Waals surface area (Å²) in [5.41, 5.74) is 7.60. The second kappa shape index (κ2) is 6.71. The van der Waals surface area contributed by atoms with Gasteiger partial charge in [-0.2, -0.15) is 0 Å². The van der Waals surface area contributed by atoms with E-state index in [0.29, 0.717) is 4.99 Å². The van der Waals surface area contributed by atoms with E-state index in [9.17, 15) is 0 Å². The summed E-state index contributed by atoms with van der Waals surface area (Å²) in [5, 5.41) is 0. The molecule has 3 heterocycles. The van der Waals surface area contributed by atoms with Gasteiger partial charge in [-0.05, 0) is 50.9 Å². The number of nitrogens with zero attached hydrogens (tertiary/aromatic N) is 3. The highest BCUT2D eigenvalue weighted by atomic mass is 32.1. The minimum Gasteiger partial charge on any atom is -0.388 e. The normalized spacial score (nSPS) is 21.4. The summed E-state index contributed by atoms with van der Waals surface area (Å²) < 4.78 is 0. The predicted molar refractivity (Wildman–Crippen MR) is 90.8 cm³/mol. The minimum absolute atomic E-state index is 0.375. The van der Waals surface area contributed by atoms with Crippen LogP contribution in [0, 0.1) is 0 Å². The van der Waals surface area contributed by atoms with E-state index in [1.54, 1.807) is 6.20 Å². The molecule has 0 unspecified atom stereocenters. The number of hydrogen-bond donors (Lipinski definition) is 1. The topological polar surface area (TPSA) is 45.4 Å². The van der Waals surface area contributed by atoms with E-state index in [1.165, 1.54) is 50.9 Å². The largest absolute Gasteiger partial charge is 0.388 e. The van der Waals surface area contributed by atoms with Crippen molar-refractivity contribution in [2.75, 3.05) is 31.1 Å². The molecule has 2 aliphatic rings. The van der Waals surface area contributed by atoms with Gasteiger partial charge in [-0.3, -0.25) is 4.98 Å². The lowest BCUT2D eigenvalue weighted by molar-refractivity contribution is 0.141. The van der Waals surface area contributed by atoms with Crippen LogP contribution in [0.3, 0.4) is 0 Å². The third-order valence-corrected chi connectivity index (χ3v) is 4.94. The third kappa shape index (κ3) is 3.52. The molecule has 4 nitrogen and oxygen atoms in total. The second-order valence-electron chi connectivity index (χ2n) is 6.08. The van der Waals surface area contributed by atoms with Crippen LogP contribution < -0.4 is 10.6 Å². The van der Waals surface area contributed by atoms with Gasteiger partial charge in [0, 0.05) is 31.0 Å². The molecule has 5 heteroatoms. The summed E-state index contributed by atoms with van der Waals surface area (Å²) >= 11 is 5.02. The van der Waals surface area contributed by atoms with E-state index in [4.69, 9.17) is 18.0 Å². The zero-order valence-electron chi connectivity index (χ0n) is 12.5. The summed E-state index contributed by atoms with van der Waals surface area (Å²) in [4.78, 5) is 9.73. The number of pyridine rings is 1. The number of rotatable bonds is 3. The van der Waals surface area contributed by atoms with Gasteiger partial charge in [-0.15, -0.1) is 0 Å². The number of thiocarbonyl (C=S) groups is 1. The predicted octanol–water partition coefficient (Wildman–Crippen LogP) is 2.17. The van der Waals surface area contributed by atoms with Gasteiger partial charge in [-0.1, -0.05) is 18.6 Å². The SMILES string of the molecule is NC(=S)c1cc(N2CCC(N3CCCCC3)CC2)ccn1. The fraction of sp³-hybridized carbons (Fsp3) is 0.625. The monoisotopic (exact) mass is 304 g/mol. The number of anilines is 1. The van der Waals surface area contributed by atoms with Gasteiger partial charge in [0.25, 0.3) is 0 Å². The van der Waals surface area contributed by atoms with Crippen LogP contribution in [0.15, 0.2) is 18.3 Å². The molecule has 1 aromatic heterocycles. The van der Waals surface area contributed by atoms with E-state index in [-0.39, 0.29) is 0 Å². The Bertz CT molecular complexity index is 491. The van der Waals surface area contributed by atoms with Crippen molar-refractivity contribution in [2.45, 2.75) is 38.1 Å². The lowest BCUT2D eigenvalue weighted by Gasteiger charge is -2.41. The van der Waals surface area contributed by atoms with Crippen LogP contribution in [0.25, 0.3) is 0 Å². The molecule has 0 aromatic carbocycles. The molecule has 2 saturated heterocycles. The second-order valence-corrected chi connectivity index (χ2v) is 6.52. The Hall–Kier alpha value is -1.20. The van der Waals surface area contributed by atoms with E-state index in [2.05, 4.69) is 20.9 Å². The molecule has 0 atom stereocenters. The molecule has 0 spiro atoms. The first-order valence-corrected chi connectivity index (χ1v) is 8.40. The van der Waals surface area contributed by atoms with E-state index in [1.807, 2.05) is 6.07 Å². The average molecular weight is 304 g/mol. The number of nitrogens with two attached hydrogens (primary N) is 1. The number of likely N-dealkylation sites (tertiary alicyclic amines) is 1. The first-order chi connectivity index (χ1) is 10.2. The maximum Gasteiger partial charge on any atom is 0.122 e. The quantitative estimate of drug-likeness (QED) is 0.867. The third-order valence-electron chi connectivity index (χ3n) is 4.73. The maximum atomic E-state index is 5.68. The standard InChI is InChI=1S/C16H24N4S/c17-16(21)15-12-14(4-7-18-15)20-10-5-13(6-11-20)19-8-2-1-3-9-19/h4,7,12-13H,1-3,5-6,8-11H2,(H2,17,21). The van der Waals surface area contributed by atoms with Gasteiger partial charge in [0.2, 0.25) is 0 Å². The van der Waals surface area contributed by atoms with E-state index < -0.39 is 0 Å². The van der Waals surface area contributed by atoms with Gasteiger partial charge >= 0.3 is 0 Å². The zero-order valence-corrected chi connectivity index (χ0v) is 13.3. The zero-order chi connectivity index (χ0) is 14.7. The first-order valence-electron chi connectivity index (χ1n) is 7.99. The Morgan fingerprint density at radius 2 is 1.86 bits per heavy atom. The Labute approximate surface area is 132 Å². The summed E-state index contributed by atoms with van der Waals surface area (Å²) in [6.45, 7) is 4.82. The highest BCUT2D eigenvalue weighted by Crippen LogP contribution is 2.24. The highest BCUT2D eigenvalue weighted by molar-refractivity contribution is 7.80. The Balaban J connectivity index is 1.60. The molecule has 0 radical (unpaired) electrons. The Kier molecular flexibility index (Phi) is 4.70. The molecule has 21 heavy (non-hydrogen) atoms. The molecule has 0 amide bonds. The number of piperidine rings is 2. The lowest BCUT2D eigenvalue weighted by Crippen LogP contribution is -2.46. The van der Waals surface area contributed by atoms with Crippen LogP contribution in [-0.4, -0.2) is 47.1 Å². The molecule has 2 fully saturated rings. The molecule has 1 aromatic rings. The molecule has 0 aliphatic carbocycles. The molecular weight excluding hydrogens is 280 g/mol. The summed E-state index contributed by atoms with van der Waals surface area (Å²) in [6.07, 6.45) is 8.48. The molecule has 2 aliphatic heterocycles. The maximum absolute atomic E-state index is 5.68. The summed E-state index contributed by atoms with van der Waals surface area (Å²) in [5.74, 6) is 0. The van der Waals surface area contributed by atoms with Crippen molar-refractivity contribution in [3.05, 3.63) is 24.0 Å². The van der Waals surface area contributed by atoms with Crippen molar-refractivity contribution in [3.63, 3.8) is 0 Å². The molecular formula is C16H24N4S. The fourth-order valence-corrected chi connectivity index (χ4v) is 3.64. The van der Waals surface area contributed by atoms with Crippen LogP contribution in [0.4, 0.5) is 5.69 Å². The Morgan fingerprint density at radius 3 is 2.52 bits per heavy atom. The van der Waals surface area contributed by atoms with Crippen LogP contribution in [0.2, 0.25) is 0 Å². The number of aromatic nitrogens is 1. The lowest BCUT2D eigenvalue weighted by atomic mass is 9.99. The van der Waals surface area contributed by atoms with Crippen molar-refractivity contribution in [1.82, 2.24) is 9.88 Å². The van der Waals surface area contributed by atoms with Crippen LogP contribution >= 0.6 is 12.2 Å². The van der Waals surface area contributed by atoms with E-state index in [0.717, 1.165) is 24.8 Å². The van der Waals surface area contributed by atoms with Crippen LogP contribution in [0.5, 0.6) is 0 Å². The highest BCUT2D eigenvalue weighted by Gasteiger charge is 2.25. The average Bonchev–Trinajstić information content (AvgIpc) is 2.56. The van der Waals surface area contributed by atoms with Crippen LogP contribution in [-0.2, 0) is 0 Å². The van der Waals surface area contributed by atoms with Gasteiger partial charge < -0.3 is 15.5 Å². The van der Waals surface area contributed by atoms with Crippen molar-refractivity contribution in [1.29, 1.82) is 0 Å². The summed E-state index contributed by atoms with van der Waals surface area (Å²) in [6, 6.07) is 4.85. The van der Waals surface area contributed by atoms with Gasteiger partial charge in [0.05, 0.1) is 5.69 Å². The summed E-state index contributed by atoms with van der Waals surface area (Å²) in [7, 11) is 0. The van der Waals surface area contributed by atoms with Gasteiger partial charge in [0.1, 0.15) is 4.99 Å². The van der Waals surface area contributed by atoms with Gasteiger partial charge in [-0.25, -0.2) is 0 Å². The minimum atomic E-state index is 0.375. The van der Waals surface area contributed by atoms with Gasteiger partial charge in [0.15, 0.2) is 0 Å².